The number of non-ortho nitro benzene ring substituents is 1. The second-order valence-corrected chi connectivity index (χ2v) is 7.70. The van der Waals surface area contributed by atoms with Crippen LogP contribution in [0.3, 0.4) is 0 Å². The molecule has 0 spiro atoms. The van der Waals surface area contributed by atoms with Gasteiger partial charge in [-0.1, -0.05) is 42.1 Å². The molecule has 0 unspecified atom stereocenters. The minimum Gasteiger partial charge on any atom is -0.493 e. The summed E-state index contributed by atoms with van der Waals surface area (Å²) in [6.07, 6.45) is 4.14. The fourth-order valence-electron chi connectivity index (χ4n) is 2.56. The van der Waals surface area contributed by atoms with Crippen molar-refractivity contribution in [2.75, 3.05) is 11.9 Å². The standard InChI is InChI=1S/C20H21BrFN3O4S/c1-2-3-4-5-10-29-18-9-6-13(21)11-15(18)19(26)24-20(30)23-17-12-14(25(27)28)7-8-16(17)22/h6-9,11-12H,2-5,10H2,1H3,(H2,23,24,26,30). The monoisotopic (exact) mass is 497 g/mol. The third-order valence-corrected chi connectivity index (χ3v) is 4.78. The van der Waals surface area contributed by atoms with Gasteiger partial charge in [-0.15, -0.1) is 0 Å². The quantitative estimate of drug-likeness (QED) is 0.203. The number of carbonyl (C=O) groups is 1. The molecule has 0 aromatic heterocycles. The number of rotatable bonds is 9. The SMILES string of the molecule is CCCCCCOc1ccc(Br)cc1C(=O)NC(=S)Nc1cc([N+](=O)[O-])ccc1F. The predicted octanol–water partition coefficient (Wildman–Crippen LogP) is 5.58. The molecule has 2 rings (SSSR count). The summed E-state index contributed by atoms with van der Waals surface area (Å²) in [5.74, 6) is -0.893. The van der Waals surface area contributed by atoms with Gasteiger partial charge in [-0.2, -0.15) is 0 Å². The maximum absolute atomic E-state index is 13.9. The van der Waals surface area contributed by atoms with Crippen molar-refractivity contribution in [2.24, 2.45) is 0 Å². The Labute approximate surface area is 187 Å². The lowest BCUT2D eigenvalue weighted by atomic mass is 10.2. The van der Waals surface area contributed by atoms with E-state index in [2.05, 4.69) is 33.5 Å². The van der Waals surface area contributed by atoms with Gasteiger partial charge >= 0.3 is 0 Å². The number of thiocarbonyl (C=S) groups is 1. The number of amides is 1. The largest absolute Gasteiger partial charge is 0.493 e. The summed E-state index contributed by atoms with van der Waals surface area (Å²) in [6, 6.07) is 8.01. The first-order chi connectivity index (χ1) is 14.3. The molecular formula is C20H21BrFN3O4S. The van der Waals surface area contributed by atoms with E-state index < -0.39 is 16.6 Å². The third kappa shape index (κ3) is 7.03. The van der Waals surface area contributed by atoms with E-state index in [0.717, 1.165) is 43.9 Å². The summed E-state index contributed by atoms with van der Waals surface area (Å²) in [4.78, 5) is 22.9. The van der Waals surface area contributed by atoms with E-state index in [4.69, 9.17) is 17.0 Å². The summed E-state index contributed by atoms with van der Waals surface area (Å²) in [5, 5.41) is 15.6. The first kappa shape index (κ1) is 23.7. The lowest BCUT2D eigenvalue weighted by Gasteiger charge is -2.14. The molecule has 0 saturated heterocycles. The molecule has 7 nitrogen and oxygen atoms in total. The number of nitro groups is 1. The highest BCUT2D eigenvalue weighted by Crippen LogP contribution is 2.24. The number of ether oxygens (including phenoxy) is 1. The molecule has 2 aromatic rings. The van der Waals surface area contributed by atoms with E-state index in [9.17, 15) is 19.3 Å². The number of hydrogen-bond acceptors (Lipinski definition) is 5. The lowest BCUT2D eigenvalue weighted by Crippen LogP contribution is -2.34. The molecule has 10 heteroatoms. The van der Waals surface area contributed by atoms with Gasteiger partial charge in [0.25, 0.3) is 11.6 Å². The fraction of sp³-hybridized carbons (Fsp3) is 0.300. The minimum absolute atomic E-state index is 0.201. The van der Waals surface area contributed by atoms with Gasteiger partial charge in [-0.3, -0.25) is 20.2 Å². The molecule has 0 heterocycles. The highest BCUT2D eigenvalue weighted by Gasteiger charge is 2.17. The van der Waals surface area contributed by atoms with Crippen LogP contribution < -0.4 is 15.4 Å². The molecule has 0 saturated carbocycles. The third-order valence-electron chi connectivity index (χ3n) is 4.08. The van der Waals surface area contributed by atoms with Gasteiger partial charge in [0.1, 0.15) is 11.6 Å². The average Bonchev–Trinajstić information content (AvgIpc) is 2.70. The number of benzene rings is 2. The molecule has 0 atom stereocenters. The molecule has 0 aliphatic carbocycles. The molecule has 0 aliphatic heterocycles. The molecule has 2 aromatic carbocycles. The Bertz CT molecular complexity index is 942. The smallest absolute Gasteiger partial charge is 0.271 e. The number of hydrogen-bond donors (Lipinski definition) is 2. The van der Waals surface area contributed by atoms with E-state index in [-0.39, 0.29) is 22.1 Å². The van der Waals surface area contributed by atoms with Crippen molar-refractivity contribution in [2.45, 2.75) is 32.6 Å². The Balaban J connectivity index is 2.06. The Morgan fingerprint density at radius 1 is 1.23 bits per heavy atom. The Hall–Kier alpha value is -2.59. The van der Waals surface area contributed by atoms with Crippen LogP contribution in [0.5, 0.6) is 5.75 Å². The van der Waals surface area contributed by atoms with Gasteiger partial charge in [0, 0.05) is 16.6 Å². The van der Waals surface area contributed by atoms with Crippen molar-refractivity contribution in [3.8, 4) is 5.75 Å². The maximum Gasteiger partial charge on any atom is 0.271 e. The zero-order chi connectivity index (χ0) is 22.1. The number of halogens is 2. The highest BCUT2D eigenvalue weighted by atomic mass is 79.9. The normalized spacial score (nSPS) is 10.4. The van der Waals surface area contributed by atoms with Crippen LogP contribution in [0.25, 0.3) is 0 Å². The number of carbonyl (C=O) groups excluding carboxylic acids is 1. The van der Waals surface area contributed by atoms with Gasteiger partial charge < -0.3 is 10.1 Å². The predicted molar refractivity (Wildman–Crippen MR) is 121 cm³/mol. The molecule has 160 valence electrons. The van der Waals surface area contributed by atoms with Crippen molar-refractivity contribution in [1.29, 1.82) is 0 Å². The molecule has 0 radical (unpaired) electrons. The number of nitrogens with one attached hydrogen (secondary N) is 2. The first-order valence-corrected chi connectivity index (χ1v) is 10.5. The van der Waals surface area contributed by atoms with Crippen LogP contribution in [0.4, 0.5) is 15.8 Å². The number of nitrogens with zero attached hydrogens (tertiary/aromatic N) is 1. The highest BCUT2D eigenvalue weighted by molar-refractivity contribution is 9.10. The van der Waals surface area contributed by atoms with Crippen LogP contribution in [-0.4, -0.2) is 22.5 Å². The maximum atomic E-state index is 13.9. The van der Waals surface area contributed by atoms with Gasteiger partial charge in [-0.05, 0) is 42.9 Å². The van der Waals surface area contributed by atoms with E-state index in [1.807, 2.05) is 0 Å². The van der Waals surface area contributed by atoms with Crippen LogP contribution >= 0.6 is 28.1 Å². The molecule has 0 fully saturated rings. The van der Waals surface area contributed by atoms with Gasteiger partial charge in [0.2, 0.25) is 0 Å². The summed E-state index contributed by atoms with van der Waals surface area (Å²) in [6.45, 7) is 2.60. The van der Waals surface area contributed by atoms with E-state index >= 15 is 0 Å². The Kier molecular flexibility index (Phi) is 9.13. The van der Waals surface area contributed by atoms with Crippen LogP contribution in [-0.2, 0) is 0 Å². The van der Waals surface area contributed by atoms with Crippen molar-refractivity contribution in [3.63, 3.8) is 0 Å². The summed E-state index contributed by atoms with van der Waals surface area (Å²) in [7, 11) is 0. The van der Waals surface area contributed by atoms with Crippen molar-refractivity contribution >= 4 is 50.5 Å². The molecule has 2 N–H and O–H groups in total. The topological polar surface area (TPSA) is 93.5 Å². The van der Waals surface area contributed by atoms with E-state index in [1.54, 1.807) is 18.2 Å². The van der Waals surface area contributed by atoms with Crippen LogP contribution in [0.15, 0.2) is 40.9 Å². The van der Waals surface area contributed by atoms with Gasteiger partial charge in [-0.25, -0.2) is 4.39 Å². The first-order valence-electron chi connectivity index (χ1n) is 9.30. The number of anilines is 1. The summed E-state index contributed by atoms with van der Waals surface area (Å²) >= 11 is 8.38. The van der Waals surface area contributed by atoms with Gasteiger partial charge in [0.05, 0.1) is 22.8 Å². The van der Waals surface area contributed by atoms with Crippen molar-refractivity contribution < 1.29 is 18.8 Å². The van der Waals surface area contributed by atoms with Crippen molar-refractivity contribution in [3.05, 3.63) is 62.4 Å². The molecule has 30 heavy (non-hydrogen) atoms. The Morgan fingerprint density at radius 2 is 2.00 bits per heavy atom. The number of nitro benzene ring substituents is 1. The minimum atomic E-state index is -0.740. The second-order valence-electron chi connectivity index (χ2n) is 6.38. The molecule has 0 bridgehead atoms. The average molecular weight is 498 g/mol. The lowest BCUT2D eigenvalue weighted by molar-refractivity contribution is -0.384. The molecule has 0 aliphatic rings. The molecular weight excluding hydrogens is 477 g/mol. The van der Waals surface area contributed by atoms with Crippen LogP contribution in [0.2, 0.25) is 0 Å². The summed E-state index contributed by atoms with van der Waals surface area (Å²) < 4.78 is 20.3. The zero-order valence-electron chi connectivity index (χ0n) is 16.2. The zero-order valence-corrected chi connectivity index (χ0v) is 18.6. The molecule has 1 amide bonds. The van der Waals surface area contributed by atoms with Crippen LogP contribution in [0.1, 0.15) is 43.0 Å². The fourth-order valence-corrected chi connectivity index (χ4v) is 3.13. The Morgan fingerprint density at radius 3 is 2.70 bits per heavy atom. The number of unbranched alkanes of at least 4 members (excludes halogenated alkanes) is 3. The van der Waals surface area contributed by atoms with Crippen molar-refractivity contribution in [1.82, 2.24) is 5.32 Å². The van der Waals surface area contributed by atoms with E-state index in [0.29, 0.717) is 16.8 Å². The van der Waals surface area contributed by atoms with Crippen LogP contribution in [0, 0.1) is 15.9 Å². The van der Waals surface area contributed by atoms with Gasteiger partial charge in [0.15, 0.2) is 5.11 Å². The van der Waals surface area contributed by atoms with E-state index in [1.165, 1.54) is 0 Å². The second kappa shape index (κ2) is 11.6. The summed E-state index contributed by atoms with van der Waals surface area (Å²) in [5.41, 5.74) is -0.265.